The highest BCUT2D eigenvalue weighted by Gasteiger charge is 2.38. The third kappa shape index (κ3) is 7.09. The summed E-state index contributed by atoms with van der Waals surface area (Å²) in [4.78, 5) is 24.1. The van der Waals surface area contributed by atoms with Crippen molar-refractivity contribution in [3.05, 3.63) is 0 Å². The molecule has 0 aromatic rings. The van der Waals surface area contributed by atoms with Gasteiger partial charge in [0.05, 0.1) is 13.2 Å². The molecule has 22 heavy (non-hydrogen) atoms. The van der Waals surface area contributed by atoms with Gasteiger partial charge in [0.1, 0.15) is 6.04 Å². The summed E-state index contributed by atoms with van der Waals surface area (Å²) >= 11 is 2.34. The van der Waals surface area contributed by atoms with E-state index in [-0.39, 0.29) is 20.4 Å². The molecular weight excluding hydrogens is 414 g/mol. The summed E-state index contributed by atoms with van der Waals surface area (Å²) in [6.45, 7) is 10.2. The van der Waals surface area contributed by atoms with E-state index < -0.39 is 18.1 Å². The third-order valence-electron chi connectivity index (χ3n) is 3.90. The molecule has 0 heterocycles. The number of halogens is 1. The molecule has 0 bridgehead atoms. The van der Waals surface area contributed by atoms with E-state index >= 15 is 0 Å². The van der Waals surface area contributed by atoms with Crippen LogP contribution in [-0.4, -0.2) is 34.2 Å². The minimum atomic E-state index is -0.663. The summed E-state index contributed by atoms with van der Waals surface area (Å²) in [7, 11) is 4.11. The average molecular weight is 444 g/mol. The maximum absolute atomic E-state index is 12.3. The molecule has 0 radical (unpaired) electrons. The van der Waals surface area contributed by atoms with Crippen LogP contribution in [-0.2, 0) is 14.3 Å². The van der Waals surface area contributed by atoms with Crippen molar-refractivity contribution in [1.29, 1.82) is 0 Å². The number of hydrogen-bond donors (Lipinski definition) is 2. The maximum atomic E-state index is 12.3. The van der Waals surface area contributed by atoms with Crippen LogP contribution in [0, 0.1) is 11.3 Å². The Hall–Kier alpha value is 0.0600. The molecule has 0 aliphatic heterocycles. The van der Waals surface area contributed by atoms with Crippen molar-refractivity contribution in [3.8, 4) is 0 Å². The molecule has 0 rings (SSSR count). The molecule has 1 amide bonds. The summed E-state index contributed by atoms with van der Waals surface area (Å²) < 4.78 is 4.67. The van der Waals surface area contributed by atoms with Crippen LogP contribution in [0.3, 0.4) is 0 Å². The Labute approximate surface area is 150 Å². The Bertz CT molecular complexity index is 395. The second kappa shape index (κ2) is 8.78. The maximum Gasteiger partial charge on any atom is 0.328 e. The lowest BCUT2D eigenvalue weighted by atomic mass is 9.82. The van der Waals surface area contributed by atoms with Gasteiger partial charge in [0.15, 0.2) is 0 Å². The zero-order valence-electron chi connectivity index (χ0n) is 14.4. The zero-order valence-corrected chi connectivity index (χ0v) is 17.7. The number of amides is 1. The summed E-state index contributed by atoms with van der Waals surface area (Å²) in [5, 5.41) is 2.73. The Balaban J connectivity index is 4.84. The highest BCUT2D eigenvalue weighted by Crippen LogP contribution is 2.46. The van der Waals surface area contributed by atoms with E-state index in [1.807, 2.05) is 13.8 Å². The van der Waals surface area contributed by atoms with Crippen LogP contribution in [0.25, 0.3) is 0 Å². The number of carbonyl (C=O) groups is 2. The van der Waals surface area contributed by atoms with Crippen LogP contribution >= 0.6 is 31.8 Å². The Kier molecular flexibility index (Phi) is 8.81. The highest BCUT2D eigenvalue weighted by atomic mass is 127. The normalized spacial score (nSPS) is 17.5. The minimum Gasteiger partial charge on any atom is -0.467 e. The summed E-state index contributed by atoms with van der Waals surface area (Å²) in [5.41, 5.74) is 5.90. The van der Waals surface area contributed by atoms with Gasteiger partial charge in [-0.2, -0.15) is 0 Å². The van der Waals surface area contributed by atoms with Crippen molar-refractivity contribution in [2.45, 2.75) is 62.7 Å². The SMILES string of the molecule is COC(=O)[C@H](CC(C)C)NC(=O)[C@H](N)CC(C)(C)C(C)(P)I. The Morgan fingerprint density at radius 1 is 1.32 bits per heavy atom. The molecule has 0 aliphatic rings. The number of nitrogens with one attached hydrogen (secondary N) is 1. The lowest BCUT2D eigenvalue weighted by molar-refractivity contribution is -0.145. The molecule has 0 aliphatic carbocycles. The fourth-order valence-corrected chi connectivity index (χ4v) is 2.29. The molecular formula is C15H30IN2O3P. The second-order valence-corrected chi connectivity index (χ2v) is 11.6. The average Bonchev–Trinajstić information content (AvgIpc) is 2.34. The van der Waals surface area contributed by atoms with E-state index in [0.29, 0.717) is 12.8 Å². The van der Waals surface area contributed by atoms with Crippen LogP contribution in [0.4, 0.5) is 0 Å². The van der Waals surface area contributed by atoms with Crippen molar-refractivity contribution in [3.63, 3.8) is 0 Å². The van der Waals surface area contributed by atoms with Gasteiger partial charge in [0.25, 0.3) is 0 Å². The number of esters is 1. The van der Waals surface area contributed by atoms with Gasteiger partial charge in [-0.1, -0.05) is 50.3 Å². The van der Waals surface area contributed by atoms with Gasteiger partial charge in [-0.25, -0.2) is 4.79 Å². The van der Waals surface area contributed by atoms with Gasteiger partial charge in [0, 0.05) is 3.16 Å². The van der Waals surface area contributed by atoms with Crippen molar-refractivity contribution in [1.82, 2.24) is 5.32 Å². The van der Waals surface area contributed by atoms with Crippen molar-refractivity contribution >= 4 is 43.7 Å². The molecule has 130 valence electrons. The molecule has 0 saturated heterocycles. The van der Waals surface area contributed by atoms with Crippen molar-refractivity contribution in [2.75, 3.05) is 7.11 Å². The molecule has 0 aromatic carbocycles. The van der Waals surface area contributed by atoms with Crippen LogP contribution in [0.2, 0.25) is 0 Å². The first-order valence-electron chi connectivity index (χ1n) is 7.43. The largest absolute Gasteiger partial charge is 0.467 e. The topological polar surface area (TPSA) is 81.4 Å². The molecule has 2 unspecified atom stereocenters. The van der Waals surface area contributed by atoms with E-state index in [0.717, 1.165) is 0 Å². The van der Waals surface area contributed by atoms with Crippen molar-refractivity contribution < 1.29 is 14.3 Å². The van der Waals surface area contributed by atoms with Gasteiger partial charge in [-0.15, -0.1) is 9.24 Å². The number of carbonyl (C=O) groups excluding carboxylic acids is 2. The number of methoxy groups -OCH3 is 1. The predicted molar refractivity (Wildman–Crippen MR) is 102 cm³/mol. The monoisotopic (exact) mass is 444 g/mol. The predicted octanol–water partition coefficient (Wildman–Crippen LogP) is 2.46. The first-order valence-corrected chi connectivity index (χ1v) is 9.09. The van der Waals surface area contributed by atoms with E-state index in [4.69, 9.17) is 10.5 Å². The second-order valence-electron chi connectivity index (χ2n) is 6.98. The van der Waals surface area contributed by atoms with E-state index in [2.05, 4.69) is 57.9 Å². The molecule has 0 saturated carbocycles. The van der Waals surface area contributed by atoms with Crippen LogP contribution in [0.5, 0.6) is 0 Å². The Morgan fingerprint density at radius 3 is 2.18 bits per heavy atom. The number of rotatable bonds is 8. The van der Waals surface area contributed by atoms with Gasteiger partial charge in [0.2, 0.25) is 5.91 Å². The minimum absolute atomic E-state index is 0.0810. The number of hydrogen-bond acceptors (Lipinski definition) is 4. The van der Waals surface area contributed by atoms with Gasteiger partial charge in [-0.3, -0.25) is 4.79 Å². The summed E-state index contributed by atoms with van der Waals surface area (Å²) in [6.07, 6.45) is 1.06. The number of alkyl halides is 1. The molecule has 7 heteroatoms. The summed E-state index contributed by atoms with van der Waals surface area (Å²) in [5.74, 6) is -0.477. The third-order valence-corrected chi connectivity index (χ3v) is 6.14. The standard InChI is InChI=1S/C15H30IN2O3P/c1-9(2)7-11(13(20)21-6)18-12(19)10(17)8-14(3,4)15(5,16)22/h9-11H,7-8,17,22H2,1-6H3,(H,18,19)/t10-,11+,15?/m1/s1. The van der Waals surface area contributed by atoms with Crippen molar-refractivity contribution in [2.24, 2.45) is 17.1 Å². The zero-order chi connectivity index (χ0) is 17.7. The fourth-order valence-electron chi connectivity index (χ4n) is 1.95. The van der Waals surface area contributed by atoms with Crippen LogP contribution < -0.4 is 11.1 Å². The first-order chi connectivity index (χ1) is 9.81. The highest BCUT2D eigenvalue weighted by molar-refractivity contribution is 14.1. The lowest BCUT2D eigenvalue weighted by Crippen LogP contribution is -2.51. The van der Waals surface area contributed by atoms with Gasteiger partial charge in [-0.05, 0) is 31.1 Å². The quantitative estimate of drug-likeness (QED) is 0.261. The van der Waals surface area contributed by atoms with E-state index in [9.17, 15) is 9.59 Å². The fraction of sp³-hybridized carbons (Fsp3) is 0.867. The Morgan fingerprint density at radius 2 is 1.82 bits per heavy atom. The van der Waals surface area contributed by atoms with Crippen LogP contribution in [0.1, 0.15) is 47.5 Å². The molecule has 3 N–H and O–H groups in total. The molecule has 0 aromatic heterocycles. The van der Waals surface area contributed by atoms with E-state index in [1.165, 1.54) is 7.11 Å². The molecule has 5 nitrogen and oxygen atoms in total. The molecule has 0 fully saturated rings. The van der Waals surface area contributed by atoms with Gasteiger partial charge >= 0.3 is 5.97 Å². The molecule has 0 spiro atoms. The van der Waals surface area contributed by atoms with Crippen LogP contribution in [0.15, 0.2) is 0 Å². The number of ether oxygens (including phenoxy) is 1. The van der Waals surface area contributed by atoms with Gasteiger partial charge < -0.3 is 15.8 Å². The van der Waals surface area contributed by atoms with E-state index in [1.54, 1.807) is 0 Å². The molecule has 4 atom stereocenters. The summed E-state index contributed by atoms with van der Waals surface area (Å²) in [6, 6.07) is -1.31. The number of nitrogens with two attached hydrogens (primary N) is 1. The first kappa shape index (κ1) is 22.1. The smallest absolute Gasteiger partial charge is 0.328 e. The lowest BCUT2D eigenvalue weighted by Gasteiger charge is -2.38.